The molecule has 39 heavy (non-hydrogen) atoms. The topological polar surface area (TPSA) is 85.0 Å². The quantitative estimate of drug-likeness (QED) is 0.268. The third kappa shape index (κ3) is 6.82. The molecule has 1 aliphatic heterocycles. The van der Waals surface area contributed by atoms with Crippen LogP contribution in [-0.4, -0.2) is 42.7 Å². The van der Waals surface area contributed by atoms with Gasteiger partial charge in [0.1, 0.15) is 11.5 Å². The van der Waals surface area contributed by atoms with Gasteiger partial charge in [-0.1, -0.05) is 54.1 Å². The van der Waals surface area contributed by atoms with Crippen LogP contribution in [0.2, 0.25) is 5.02 Å². The number of unbranched alkanes of at least 4 members (excludes halogenated alkanes) is 1. The summed E-state index contributed by atoms with van der Waals surface area (Å²) in [4.78, 5) is 15.3. The minimum absolute atomic E-state index is 0.0266. The number of piperidine rings is 1. The predicted molar refractivity (Wildman–Crippen MR) is 155 cm³/mol. The molecule has 1 aliphatic rings. The van der Waals surface area contributed by atoms with E-state index < -0.39 is 5.60 Å². The molecule has 0 radical (unpaired) electrons. The SMILES string of the molecule is COCCCC[C@@](O)(c1ccccc1Oc1c(C)cccc1Cl)C1CCCN(C(=O)c2ccc(CN)cc2)C1. The van der Waals surface area contributed by atoms with E-state index in [9.17, 15) is 9.90 Å². The number of rotatable bonds is 11. The Morgan fingerprint density at radius 2 is 1.87 bits per heavy atom. The van der Waals surface area contributed by atoms with Gasteiger partial charge in [0, 0.05) is 50.4 Å². The molecule has 1 saturated heterocycles. The average Bonchev–Trinajstić information content (AvgIpc) is 2.97. The third-order valence-electron chi connectivity index (χ3n) is 7.71. The highest BCUT2D eigenvalue weighted by molar-refractivity contribution is 6.32. The number of nitrogens with zero attached hydrogens (tertiary/aromatic N) is 1. The molecule has 1 heterocycles. The van der Waals surface area contributed by atoms with E-state index in [-0.39, 0.29) is 11.8 Å². The van der Waals surface area contributed by atoms with Crippen LogP contribution in [-0.2, 0) is 16.9 Å². The van der Waals surface area contributed by atoms with Crippen molar-refractivity contribution >= 4 is 17.5 Å². The molecule has 3 N–H and O–H groups in total. The first-order chi connectivity index (χ1) is 18.9. The molecule has 3 aromatic carbocycles. The predicted octanol–water partition coefficient (Wildman–Crippen LogP) is 6.46. The Kier molecular flexibility index (Phi) is 10.0. The van der Waals surface area contributed by atoms with Gasteiger partial charge in [-0.15, -0.1) is 0 Å². The first kappa shape index (κ1) is 29.1. The molecule has 6 nitrogen and oxygen atoms in total. The smallest absolute Gasteiger partial charge is 0.253 e. The molecule has 208 valence electrons. The number of para-hydroxylation sites is 2. The van der Waals surface area contributed by atoms with Crippen molar-refractivity contribution in [3.8, 4) is 11.5 Å². The number of carbonyl (C=O) groups excluding carboxylic acids is 1. The summed E-state index contributed by atoms with van der Waals surface area (Å²) in [5.41, 5.74) is 7.77. The summed E-state index contributed by atoms with van der Waals surface area (Å²) >= 11 is 6.49. The van der Waals surface area contributed by atoms with Gasteiger partial charge in [-0.25, -0.2) is 0 Å². The van der Waals surface area contributed by atoms with Crippen molar-refractivity contribution < 1.29 is 19.4 Å². The van der Waals surface area contributed by atoms with Crippen LogP contribution in [0, 0.1) is 12.8 Å². The number of methoxy groups -OCH3 is 1. The van der Waals surface area contributed by atoms with Gasteiger partial charge in [0.2, 0.25) is 0 Å². The van der Waals surface area contributed by atoms with E-state index in [0.29, 0.717) is 60.3 Å². The Labute approximate surface area is 236 Å². The second-order valence-electron chi connectivity index (χ2n) is 10.3. The van der Waals surface area contributed by atoms with E-state index in [1.165, 1.54) is 0 Å². The molecule has 0 spiro atoms. The molecule has 7 heteroatoms. The highest BCUT2D eigenvalue weighted by Gasteiger charge is 2.43. The van der Waals surface area contributed by atoms with E-state index in [0.717, 1.165) is 36.8 Å². The maximum absolute atomic E-state index is 13.4. The van der Waals surface area contributed by atoms with E-state index in [2.05, 4.69) is 0 Å². The van der Waals surface area contributed by atoms with Gasteiger partial charge < -0.3 is 25.2 Å². The molecule has 1 unspecified atom stereocenters. The van der Waals surface area contributed by atoms with Gasteiger partial charge in [0.15, 0.2) is 0 Å². The molecule has 3 aromatic rings. The van der Waals surface area contributed by atoms with Crippen molar-refractivity contribution in [3.63, 3.8) is 0 Å². The monoisotopic (exact) mass is 550 g/mol. The van der Waals surface area contributed by atoms with Gasteiger partial charge in [0.05, 0.1) is 10.6 Å². The number of halogens is 1. The molecule has 1 fully saturated rings. The van der Waals surface area contributed by atoms with Crippen molar-refractivity contribution in [3.05, 3.63) is 94.0 Å². The number of carbonyl (C=O) groups is 1. The lowest BCUT2D eigenvalue weighted by Crippen LogP contribution is -2.48. The molecule has 1 amide bonds. The Balaban J connectivity index is 1.65. The number of aryl methyl sites for hydroxylation is 1. The summed E-state index contributed by atoms with van der Waals surface area (Å²) in [6.07, 6.45) is 3.74. The molecular formula is C32H39ClN2O4. The normalized spacial score (nSPS) is 17.1. The van der Waals surface area contributed by atoms with Crippen molar-refractivity contribution in [2.75, 3.05) is 26.8 Å². The van der Waals surface area contributed by atoms with Crippen LogP contribution in [0.15, 0.2) is 66.7 Å². The standard InChI is InChI=1S/C32H39ClN2O4/c1-23-9-7-12-28(33)30(23)39-29-13-4-3-11-27(29)32(37,18-5-6-20-38-2)26-10-8-19-35(22-26)31(36)25-16-14-24(21-34)15-17-25/h3-4,7,9,11-17,26,37H,5-6,8,10,18-22,34H2,1-2H3/t26?,32-/m0/s1. The lowest BCUT2D eigenvalue weighted by atomic mass is 9.73. The number of amides is 1. The zero-order valence-electron chi connectivity index (χ0n) is 22.9. The first-order valence-electron chi connectivity index (χ1n) is 13.7. The highest BCUT2D eigenvalue weighted by Crippen LogP contribution is 2.45. The summed E-state index contributed by atoms with van der Waals surface area (Å²) in [5.74, 6) is 0.956. The lowest BCUT2D eigenvalue weighted by Gasteiger charge is -2.43. The number of hydrogen-bond acceptors (Lipinski definition) is 5. The van der Waals surface area contributed by atoms with Crippen molar-refractivity contribution in [1.29, 1.82) is 0 Å². The summed E-state index contributed by atoms with van der Waals surface area (Å²) in [7, 11) is 1.69. The van der Waals surface area contributed by atoms with E-state index in [4.69, 9.17) is 26.8 Å². The van der Waals surface area contributed by atoms with Crippen LogP contribution in [0.5, 0.6) is 11.5 Å². The van der Waals surface area contributed by atoms with Crippen LogP contribution in [0.25, 0.3) is 0 Å². The third-order valence-corrected chi connectivity index (χ3v) is 8.00. The number of ether oxygens (including phenoxy) is 2. The first-order valence-corrected chi connectivity index (χ1v) is 14.1. The van der Waals surface area contributed by atoms with E-state index in [1.54, 1.807) is 13.2 Å². The lowest BCUT2D eigenvalue weighted by molar-refractivity contribution is -0.0589. The number of aliphatic hydroxyl groups is 1. The minimum Gasteiger partial charge on any atom is -0.455 e. The summed E-state index contributed by atoms with van der Waals surface area (Å²) in [5, 5.41) is 13.1. The van der Waals surface area contributed by atoms with Crippen LogP contribution in [0.1, 0.15) is 59.2 Å². The number of likely N-dealkylation sites (tertiary alicyclic amines) is 1. The zero-order valence-corrected chi connectivity index (χ0v) is 23.6. The van der Waals surface area contributed by atoms with Crippen molar-refractivity contribution in [1.82, 2.24) is 4.90 Å². The van der Waals surface area contributed by atoms with Gasteiger partial charge in [-0.2, -0.15) is 0 Å². The number of benzene rings is 3. The number of hydrogen-bond donors (Lipinski definition) is 2. The largest absolute Gasteiger partial charge is 0.455 e. The van der Waals surface area contributed by atoms with Crippen LogP contribution < -0.4 is 10.5 Å². The Hall–Kier alpha value is -2.90. The average molecular weight is 551 g/mol. The fraction of sp³-hybridized carbons (Fsp3) is 0.406. The van der Waals surface area contributed by atoms with E-state index >= 15 is 0 Å². The van der Waals surface area contributed by atoms with Crippen molar-refractivity contribution in [2.24, 2.45) is 11.7 Å². The minimum atomic E-state index is -1.21. The maximum Gasteiger partial charge on any atom is 0.253 e. The maximum atomic E-state index is 13.4. The van der Waals surface area contributed by atoms with Crippen LogP contribution >= 0.6 is 11.6 Å². The van der Waals surface area contributed by atoms with Crippen LogP contribution in [0.3, 0.4) is 0 Å². The molecule has 0 saturated carbocycles. The molecule has 0 aliphatic carbocycles. The summed E-state index contributed by atoms with van der Waals surface area (Å²) in [6, 6.07) is 20.7. The van der Waals surface area contributed by atoms with E-state index in [1.807, 2.05) is 72.5 Å². The molecule has 2 atom stereocenters. The van der Waals surface area contributed by atoms with Crippen LogP contribution in [0.4, 0.5) is 0 Å². The number of nitrogens with two attached hydrogens (primary N) is 1. The Morgan fingerprint density at radius 1 is 1.10 bits per heavy atom. The second kappa shape index (κ2) is 13.4. The van der Waals surface area contributed by atoms with Gasteiger partial charge in [-0.3, -0.25) is 4.79 Å². The Bertz CT molecular complexity index is 1230. The molecule has 0 aromatic heterocycles. The zero-order chi connectivity index (χ0) is 27.8. The van der Waals surface area contributed by atoms with Gasteiger partial charge in [0.25, 0.3) is 5.91 Å². The summed E-state index contributed by atoms with van der Waals surface area (Å²) < 4.78 is 11.7. The Morgan fingerprint density at radius 3 is 2.59 bits per heavy atom. The summed E-state index contributed by atoms with van der Waals surface area (Å²) in [6.45, 7) is 4.13. The molecule has 0 bridgehead atoms. The van der Waals surface area contributed by atoms with Gasteiger partial charge in [-0.05, 0) is 74.4 Å². The molecule has 4 rings (SSSR count). The van der Waals surface area contributed by atoms with Gasteiger partial charge >= 0.3 is 0 Å². The van der Waals surface area contributed by atoms with Crippen molar-refractivity contribution in [2.45, 2.75) is 51.2 Å². The highest BCUT2D eigenvalue weighted by atomic mass is 35.5. The fourth-order valence-electron chi connectivity index (χ4n) is 5.49. The second-order valence-corrected chi connectivity index (χ2v) is 10.8. The molecular weight excluding hydrogens is 512 g/mol. The fourth-order valence-corrected chi connectivity index (χ4v) is 5.75.